The van der Waals surface area contributed by atoms with E-state index in [0.717, 1.165) is 22.5 Å². The number of carboxylic acid groups (broad SMARTS) is 1. The van der Waals surface area contributed by atoms with E-state index in [-0.39, 0.29) is 0 Å². The zero-order valence-electron chi connectivity index (χ0n) is 8.91. The van der Waals surface area contributed by atoms with Gasteiger partial charge in [-0.3, -0.25) is 4.40 Å². The summed E-state index contributed by atoms with van der Waals surface area (Å²) in [5, 5.41) is 10.6. The van der Waals surface area contributed by atoms with Crippen LogP contribution in [0.15, 0.2) is 17.7 Å². The smallest absolute Gasteiger partial charge is 0.328 e. The fraction of sp³-hybridized carbons (Fsp3) is 0.200. The molecule has 0 fully saturated rings. The summed E-state index contributed by atoms with van der Waals surface area (Å²) in [7, 11) is 3.76. The second-order valence-electron chi connectivity index (χ2n) is 3.44. The van der Waals surface area contributed by atoms with Crippen LogP contribution in [0.3, 0.4) is 0 Å². The van der Waals surface area contributed by atoms with Gasteiger partial charge in [-0.05, 0) is 6.08 Å². The van der Waals surface area contributed by atoms with E-state index in [1.165, 1.54) is 11.3 Å². The number of carbonyl (C=O) groups is 1. The average molecular weight is 237 g/mol. The number of aromatic nitrogens is 2. The molecule has 2 aromatic rings. The van der Waals surface area contributed by atoms with Crippen LogP contribution in [-0.4, -0.2) is 34.6 Å². The van der Waals surface area contributed by atoms with Gasteiger partial charge in [0.1, 0.15) is 0 Å². The highest BCUT2D eigenvalue weighted by molar-refractivity contribution is 7.15. The summed E-state index contributed by atoms with van der Waals surface area (Å²) in [6.45, 7) is 0. The predicted octanol–water partition coefficient (Wildman–Crippen LogP) is 1.56. The highest BCUT2D eigenvalue weighted by Crippen LogP contribution is 2.24. The molecule has 2 heterocycles. The Labute approximate surface area is 96.3 Å². The maximum atomic E-state index is 10.5. The first-order chi connectivity index (χ1) is 7.59. The second kappa shape index (κ2) is 3.97. The fourth-order valence-electron chi connectivity index (χ4n) is 1.43. The Morgan fingerprint density at radius 3 is 3.00 bits per heavy atom. The SMILES string of the molecule is CN(C)c1nc2sccn2c1/C=C/C(=O)O. The van der Waals surface area contributed by atoms with Crippen molar-refractivity contribution in [3.05, 3.63) is 23.3 Å². The highest BCUT2D eigenvalue weighted by Gasteiger charge is 2.12. The Kier molecular flexibility index (Phi) is 2.66. The Morgan fingerprint density at radius 2 is 2.38 bits per heavy atom. The lowest BCUT2D eigenvalue weighted by atomic mass is 10.3. The van der Waals surface area contributed by atoms with Crippen molar-refractivity contribution in [3.63, 3.8) is 0 Å². The first-order valence-corrected chi connectivity index (χ1v) is 5.51. The summed E-state index contributed by atoms with van der Waals surface area (Å²) in [5.74, 6) is -0.195. The molecular formula is C10H11N3O2S. The number of fused-ring (bicyclic) bond motifs is 1. The van der Waals surface area contributed by atoms with Gasteiger partial charge < -0.3 is 10.0 Å². The zero-order chi connectivity index (χ0) is 11.7. The Morgan fingerprint density at radius 1 is 1.62 bits per heavy atom. The van der Waals surface area contributed by atoms with Crippen molar-refractivity contribution in [1.29, 1.82) is 0 Å². The Balaban J connectivity index is 2.57. The normalized spacial score (nSPS) is 11.4. The summed E-state index contributed by atoms with van der Waals surface area (Å²) in [4.78, 5) is 17.7. The molecule has 0 amide bonds. The van der Waals surface area contributed by atoms with Crippen LogP contribution >= 0.6 is 11.3 Å². The molecule has 0 aliphatic heterocycles. The van der Waals surface area contributed by atoms with E-state index in [0.29, 0.717) is 0 Å². The minimum Gasteiger partial charge on any atom is -0.478 e. The van der Waals surface area contributed by atoms with Gasteiger partial charge in [-0.25, -0.2) is 9.78 Å². The summed E-state index contributed by atoms with van der Waals surface area (Å²) in [6, 6.07) is 0. The molecule has 6 heteroatoms. The quantitative estimate of drug-likeness (QED) is 0.823. The van der Waals surface area contributed by atoms with Gasteiger partial charge in [0.2, 0.25) is 0 Å². The lowest BCUT2D eigenvalue weighted by molar-refractivity contribution is -0.131. The van der Waals surface area contributed by atoms with Crippen LogP contribution in [0.4, 0.5) is 5.82 Å². The largest absolute Gasteiger partial charge is 0.478 e. The second-order valence-corrected chi connectivity index (χ2v) is 4.32. The molecule has 5 nitrogen and oxygen atoms in total. The molecular weight excluding hydrogens is 226 g/mol. The van der Waals surface area contributed by atoms with Gasteiger partial charge in [-0.1, -0.05) is 0 Å². The molecule has 2 aromatic heterocycles. The van der Waals surface area contributed by atoms with Crippen molar-refractivity contribution in [2.24, 2.45) is 0 Å². The molecule has 0 bridgehead atoms. The van der Waals surface area contributed by atoms with Gasteiger partial charge in [0, 0.05) is 31.7 Å². The number of anilines is 1. The van der Waals surface area contributed by atoms with Crippen molar-refractivity contribution in [3.8, 4) is 0 Å². The minimum atomic E-state index is -0.963. The summed E-state index contributed by atoms with van der Waals surface area (Å²) >= 11 is 1.52. The summed E-state index contributed by atoms with van der Waals surface area (Å²) < 4.78 is 1.87. The third kappa shape index (κ3) is 1.79. The summed E-state index contributed by atoms with van der Waals surface area (Å²) in [6.07, 6.45) is 4.56. The minimum absolute atomic E-state index is 0.768. The highest BCUT2D eigenvalue weighted by atomic mass is 32.1. The van der Waals surface area contributed by atoms with Crippen LogP contribution in [0.1, 0.15) is 5.69 Å². The van der Waals surface area contributed by atoms with E-state index in [1.807, 2.05) is 35.0 Å². The van der Waals surface area contributed by atoms with E-state index in [9.17, 15) is 4.79 Å². The van der Waals surface area contributed by atoms with Crippen molar-refractivity contribution in [2.45, 2.75) is 0 Å². The first kappa shape index (κ1) is 10.7. The van der Waals surface area contributed by atoms with E-state index in [2.05, 4.69) is 4.98 Å². The monoisotopic (exact) mass is 237 g/mol. The van der Waals surface area contributed by atoms with Gasteiger partial charge in [0.25, 0.3) is 0 Å². The van der Waals surface area contributed by atoms with Gasteiger partial charge in [-0.15, -0.1) is 11.3 Å². The lowest BCUT2D eigenvalue weighted by Crippen LogP contribution is -2.10. The van der Waals surface area contributed by atoms with Crippen LogP contribution in [0.25, 0.3) is 11.0 Å². The molecule has 0 aliphatic carbocycles. The van der Waals surface area contributed by atoms with Crippen LogP contribution in [0, 0.1) is 0 Å². The topological polar surface area (TPSA) is 57.8 Å². The molecule has 1 N–H and O–H groups in total. The van der Waals surface area contributed by atoms with Crippen LogP contribution in [-0.2, 0) is 4.79 Å². The van der Waals surface area contributed by atoms with Gasteiger partial charge >= 0.3 is 5.97 Å². The van der Waals surface area contributed by atoms with Gasteiger partial charge in [-0.2, -0.15) is 0 Å². The number of rotatable bonds is 3. The molecule has 0 aliphatic rings. The van der Waals surface area contributed by atoms with E-state index in [4.69, 9.17) is 5.11 Å². The number of hydrogen-bond acceptors (Lipinski definition) is 4. The maximum Gasteiger partial charge on any atom is 0.328 e. The van der Waals surface area contributed by atoms with Gasteiger partial charge in [0.15, 0.2) is 10.8 Å². The molecule has 16 heavy (non-hydrogen) atoms. The Bertz CT molecular complexity index is 553. The van der Waals surface area contributed by atoms with E-state index < -0.39 is 5.97 Å². The van der Waals surface area contributed by atoms with E-state index in [1.54, 1.807) is 6.08 Å². The van der Waals surface area contributed by atoms with Crippen molar-refractivity contribution in [2.75, 3.05) is 19.0 Å². The zero-order valence-corrected chi connectivity index (χ0v) is 9.73. The van der Waals surface area contributed by atoms with Crippen molar-refractivity contribution < 1.29 is 9.90 Å². The molecule has 0 spiro atoms. The number of thiazole rings is 1. The number of nitrogens with zero attached hydrogens (tertiary/aromatic N) is 3. The molecule has 2 rings (SSSR count). The molecule has 0 aromatic carbocycles. The number of carboxylic acids is 1. The third-order valence-corrected chi connectivity index (χ3v) is 2.84. The average Bonchev–Trinajstić information content (AvgIpc) is 2.73. The molecule has 84 valence electrons. The number of aliphatic carboxylic acids is 1. The molecule has 0 unspecified atom stereocenters. The third-order valence-electron chi connectivity index (χ3n) is 2.09. The fourth-order valence-corrected chi connectivity index (χ4v) is 2.14. The first-order valence-electron chi connectivity index (χ1n) is 4.63. The number of imidazole rings is 1. The van der Waals surface area contributed by atoms with Crippen LogP contribution in [0.5, 0.6) is 0 Å². The van der Waals surface area contributed by atoms with Crippen LogP contribution in [0.2, 0.25) is 0 Å². The lowest BCUT2D eigenvalue weighted by Gasteiger charge is -2.09. The standard InChI is InChI=1S/C10H11N3O2S/c1-12(2)9-7(3-4-8(14)15)13-5-6-16-10(13)11-9/h3-6H,1-2H3,(H,14,15)/b4-3+. The summed E-state index contributed by atoms with van der Waals surface area (Å²) in [5.41, 5.74) is 0.781. The maximum absolute atomic E-state index is 10.5. The molecule has 0 atom stereocenters. The molecule has 0 saturated carbocycles. The molecule has 0 saturated heterocycles. The predicted molar refractivity (Wildman–Crippen MR) is 64.1 cm³/mol. The Hall–Kier alpha value is -1.82. The van der Waals surface area contributed by atoms with E-state index >= 15 is 0 Å². The number of hydrogen-bond donors (Lipinski definition) is 1. The van der Waals surface area contributed by atoms with Crippen molar-refractivity contribution in [1.82, 2.24) is 9.38 Å². The molecule has 0 radical (unpaired) electrons. The van der Waals surface area contributed by atoms with Crippen molar-refractivity contribution >= 4 is 34.2 Å². The van der Waals surface area contributed by atoms with Gasteiger partial charge in [0.05, 0.1) is 5.69 Å². The van der Waals surface area contributed by atoms with Crippen LogP contribution < -0.4 is 4.90 Å².